The summed E-state index contributed by atoms with van der Waals surface area (Å²) in [5, 5.41) is 0. The molecule has 1 saturated heterocycles. The van der Waals surface area contributed by atoms with Crippen LogP contribution in [0.3, 0.4) is 0 Å². The Labute approximate surface area is 106 Å². The second-order valence-corrected chi connectivity index (χ2v) is 4.70. The largest absolute Gasteiger partial charge is 0.367 e. The van der Waals surface area contributed by atoms with E-state index in [9.17, 15) is 0 Å². The third kappa shape index (κ3) is 2.76. The van der Waals surface area contributed by atoms with Crippen LogP contribution in [0.5, 0.6) is 0 Å². The predicted octanol–water partition coefficient (Wildman–Crippen LogP) is -0.178. The van der Waals surface area contributed by atoms with Crippen molar-refractivity contribution >= 4 is 27.5 Å². The highest BCUT2D eigenvalue weighted by molar-refractivity contribution is 6.82. The first-order valence-electron chi connectivity index (χ1n) is 6.06. The Kier molecular flexibility index (Phi) is 3.97. The minimum Gasteiger partial charge on any atom is -0.367 e. The van der Waals surface area contributed by atoms with Crippen molar-refractivity contribution in [3.8, 4) is 0 Å². The van der Waals surface area contributed by atoms with Crippen LogP contribution in [-0.2, 0) is 6.42 Å². The first-order valence-corrected chi connectivity index (χ1v) is 6.06. The highest BCUT2D eigenvalue weighted by Gasteiger charge is 2.34. The molecule has 0 atom stereocenters. The van der Waals surface area contributed by atoms with Crippen LogP contribution in [-0.4, -0.2) is 57.4 Å². The van der Waals surface area contributed by atoms with Gasteiger partial charge in [0.15, 0.2) is 0 Å². The van der Waals surface area contributed by atoms with E-state index >= 15 is 0 Å². The van der Waals surface area contributed by atoms with E-state index in [-0.39, 0.29) is 6.98 Å². The molecule has 0 unspecified atom stereocenters. The summed E-state index contributed by atoms with van der Waals surface area (Å²) in [6, 6.07) is 8.89. The lowest BCUT2D eigenvalue weighted by Gasteiger charge is -2.40. The molecule has 86 valence electrons. The minimum absolute atomic E-state index is 0.289. The Hall–Kier alpha value is -0.705. The van der Waals surface area contributed by atoms with Gasteiger partial charge in [-0.05, 0) is 38.6 Å². The first-order chi connectivity index (χ1) is 8.11. The van der Waals surface area contributed by atoms with Gasteiger partial charge in [-0.2, -0.15) is 0 Å². The number of rotatable bonds is 2. The molecule has 1 heterocycles. The predicted molar refractivity (Wildman–Crippen MR) is 76.0 cm³/mol. The van der Waals surface area contributed by atoms with Gasteiger partial charge in [-0.1, -0.05) is 31.2 Å². The van der Waals surface area contributed by atoms with Crippen molar-refractivity contribution in [3.05, 3.63) is 29.8 Å². The lowest BCUT2D eigenvalue weighted by molar-refractivity contribution is 0.586. The molecule has 0 amide bonds. The quantitative estimate of drug-likeness (QED) is 0.646. The van der Waals surface area contributed by atoms with Gasteiger partial charge in [0.2, 0.25) is 0 Å². The van der Waals surface area contributed by atoms with E-state index < -0.39 is 0 Å². The summed E-state index contributed by atoms with van der Waals surface area (Å²) in [6.45, 7) is 2.47. The second-order valence-electron chi connectivity index (χ2n) is 4.70. The number of aryl methyl sites for hydroxylation is 1. The Bertz CT molecular complexity index is 359. The molecule has 0 aromatic heterocycles. The fourth-order valence-corrected chi connectivity index (χ4v) is 2.41. The maximum absolute atomic E-state index is 2.23. The Morgan fingerprint density at radius 3 is 2.00 bits per heavy atom. The SMILES string of the molecule is CCc1ccc(B2N(C)[B]N(C)[B]N2C)cc1. The number of nitrogens with zero attached hydrogens (tertiary/aromatic N) is 3. The molecule has 0 spiro atoms. The van der Waals surface area contributed by atoms with Crippen molar-refractivity contribution in [3.63, 3.8) is 0 Å². The van der Waals surface area contributed by atoms with Crippen LogP contribution >= 0.6 is 0 Å². The zero-order valence-electron chi connectivity index (χ0n) is 11.1. The van der Waals surface area contributed by atoms with Crippen molar-refractivity contribution in [2.75, 3.05) is 21.1 Å². The van der Waals surface area contributed by atoms with Crippen molar-refractivity contribution in [2.45, 2.75) is 13.3 Å². The monoisotopic (exact) mass is 225 g/mol. The molecule has 17 heavy (non-hydrogen) atoms. The smallest absolute Gasteiger partial charge is 0.324 e. The summed E-state index contributed by atoms with van der Waals surface area (Å²) in [5.41, 5.74) is 2.72. The Morgan fingerprint density at radius 1 is 1.00 bits per heavy atom. The van der Waals surface area contributed by atoms with Crippen LogP contribution in [0.4, 0.5) is 0 Å². The Morgan fingerprint density at radius 2 is 1.53 bits per heavy atom. The standard InChI is InChI=1S/C11H18B3N3/c1-5-10-6-8-11(9-7-10)14-16(3)12-15(2)13-17(14)4/h6-9H,5H2,1-4H3. The molecular weight excluding hydrogens is 207 g/mol. The van der Waals surface area contributed by atoms with Crippen molar-refractivity contribution in [2.24, 2.45) is 0 Å². The molecule has 1 aromatic rings. The van der Waals surface area contributed by atoms with E-state index in [1.807, 2.05) is 7.05 Å². The van der Waals surface area contributed by atoms with Crippen LogP contribution in [0.25, 0.3) is 0 Å². The summed E-state index contributed by atoms with van der Waals surface area (Å²) in [4.78, 5) is 0. The van der Waals surface area contributed by atoms with E-state index in [1.54, 1.807) is 0 Å². The summed E-state index contributed by atoms with van der Waals surface area (Å²) in [5.74, 6) is 0. The fraction of sp³-hybridized carbons (Fsp3) is 0.455. The third-order valence-electron chi connectivity index (χ3n) is 3.19. The minimum atomic E-state index is 0.289. The fourth-order valence-electron chi connectivity index (χ4n) is 2.41. The molecule has 1 aliphatic heterocycles. The Balaban J connectivity index is 2.19. The lowest BCUT2D eigenvalue weighted by atomic mass is 9.55. The molecule has 1 aliphatic rings. The van der Waals surface area contributed by atoms with Gasteiger partial charge in [-0.3, -0.25) is 0 Å². The van der Waals surface area contributed by atoms with Gasteiger partial charge in [0.1, 0.15) is 0 Å². The van der Waals surface area contributed by atoms with Crippen LogP contribution in [0.1, 0.15) is 12.5 Å². The molecule has 0 bridgehead atoms. The maximum atomic E-state index is 2.23. The zero-order chi connectivity index (χ0) is 12.4. The van der Waals surface area contributed by atoms with Crippen molar-refractivity contribution in [1.29, 1.82) is 0 Å². The molecule has 1 fully saturated rings. The third-order valence-corrected chi connectivity index (χ3v) is 3.19. The van der Waals surface area contributed by atoms with E-state index in [2.05, 4.69) is 74.5 Å². The molecule has 0 N–H and O–H groups in total. The molecule has 1 aromatic carbocycles. The highest BCUT2D eigenvalue weighted by atomic mass is 15.3. The number of hydrogen-bond donors (Lipinski definition) is 0. The molecule has 0 saturated carbocycles. The second kappa shape index (κ2) is 5.30. The van der Waals surface area contributed by atoms with Gasteiger partial charge in [-0.25, -0.2) is 0 Å². The van der Waals surface area contributed by atoms with Gasteiger partial charge in [0, 0.05) is 0 Å². The summed E-state index contributed by atoms with van der Waals surface area (Å²) in [6.07, 6.45) is 1.09. The number of hydrogen-bond acceptors (Lipinski definition) is 3. The number of benzene rings is 1. The summed E-state index contributed by atoms with van der Waals surface area (Å²) in [7, 11) is 10.5. The lowest BCUT2D eigenvalue weighted by Crippen LogP contribution is -2.68. The van der Waals surface area contributed by atoms with Gasteiger partial charge in [0.05, 0.1) is 0 Å². The highest BCUT2D eigenvalue weighted by Crippen LogP contribution is 2.05. The van der Waals surface area contributed by atoms with Crippen LogP contribution < -0.4 is 5.46 Å². The summed E-state index contributed by atoms with van der Waals surface area (Å²) < 4.78 is 6.51. The van der Waals surface area contributed by atoms with E-state index in [4.69, 9.17) is 0 Å². The average molecular weight is 225 g/mol. The molecule has 6 heteroatoms. The molecule has 3 nitrogen and oxygen atoms in total. The van der Waals surface area contributed by atoms with Gasteiger partial charge < -0.3 is 14.2 Å². The van der Waals surface area contributed by atoms with E-state index in [0.717, 1.165) is 6.42 Å². The molecule has 0 aliphatic carbocycles. The van der Waals surface area contributed by atoms with E-state index in [1.165, 1.54) is 11.0 Å². The van der Waals surface area contributed by atoms with E-state index in [0.29, 0.717) is 0 Å². The first kappa shape index (κ1) is 12.7. The van der Waals surface area contributed by atoms with Crippen LogP contribution in [0.2, 0.25) is 0 Å². The zero-order valence-corrected chi connectivity index (χ0v) is 11.1. The normalized spacial score (nSPS) is 18.9. The van der Waals surface area contributed by atoms with Crippen molar-refractivity contribution < 1.29 is 0 Å². The van der Waals surface area contributed by atoms with Crippen molar-refractivity contribution in [1.82, 2.24) is 14.2 Å². The summed E-state index contributed by atoms with van der Waals surface area (Å²) >= 11 is 0. The average Bonchev–Trinajstić information content (AvgIpc) is 2.28. The van der Waals surface area contributed by atoms with Crippen LogP contribution in [0.15, 0.2) is 24.3 Å². The maximum Gasteiger partial charge on any atom is 0.324 e. The molecule has 2 rings (SSSR count). The van der Waals surface area contributed by atoms with Gasteiger partial charge in [0.25, 0.3) is 15.1 Å². The van der Waals surface area contributed by atoms with Gasteiger partial charge >= 0.3 is 6.98 Å². The topological polar surface area (TPSA) is 9.72 Å². The molecule has 2 radical (unpaired) electrons. The molecular formula is C11H18B3N3. The van der Waals surface area contributed by atoms with Gasteiger partial charge in [-0.15, -0.1) is 0 Å². The van der Waals surface area contributed by atoms with Crippen LogP contribution in [0, 0.1) is 0 Å².